The van der Waals surface area contributed by atoms with E-state index in [2.05, 4.69) is 27.9 Å². The third kappa shape index (κ3) is 5.96. The summed E-state index contributed by atoms with van der Waals surface area (Å²) in [5.74, 6) is 3.93. The Morgan fingerprint density at radius 3 is 2.45 bits per heavy atom. The van der Waals surface area contributed by atoms with E-state index in [1.54, 1.807) is 0 Å². The van der Waals surface area contributed by atoms with Crippen molar-refractivity contribution in [1.82, 2.24) is 14.9 Å². The van der Waals surface area contributed by atoms with Gasteiger partial charge >= 0.3 is 0 Å². The second-order valence-corrected chi connectivity index (χ2v) is 8.55. The fraction of sp³-hybridized carbons (Fsp3) is 0.320. The lowest BCUT2D eigenvalue weighted by Crippen LogP contribution is -2.40. The van der Waals surface area contributed by atoms with Crippen molar-refractivity contribution in [2.45, 2.75) is 19.3 Å². The van der Waals surface area contributed by atoms with E-state index in [0.29, 0.717) is 29.7 Å². The fourth-order valence-electron chi connectivity index (χ4n) is 4.01. The minimum absolute atomic E-state index is 0.196. The number of nitrogens with zero attached hydrogens (tertiary/aromatic N) is 3. The first kappa shape index (κ1) is 22.9. The standard InChI is InChI=1S/C25H29N5O2S/c26-24-23(19-6-8-21(9-7-19)32-20-4-2-1-3-5-20)25(29-17-28-24)27-16-18-10-13-30(14-11-18)22(31)12-15-33/h1-9,17-18,33H,10-16H2,(H3,26,27,28,29). The average Bonchev–Trinajstić information content (AvgIpc) is 2.84. The van der Waals surface area contributed by atoms with Crippen molar-refractivity contribution in [3.05, 3.63) is 60.9 Å². The van der Waals surface area contributed by atoms with Crippen LogP contribution in [0.1, 0.15) is 19.3 Å². The number of amides is 1. The van der Waals surface area contributed by atoms with Crippen LogP contribution in [0, 0.1) is 5.92 Å². The van der Waals surface area contributed by atoms with Crippen LogP contribution < -0.4 is 15.8 Å². The highest BCUT2D eigenvalue weighted by atomic mass is 32.1. The number of hydrogen-bond acceptors (Lipinski definition) is 7. The molecule has 33 heavy (non-hydrogen) atoms. The van der Waals surface area contributed by atoms with Gasteiger partial charge in [-0.1, -0.05) is 30.3 Å². The summed E-state index contributed by atoms with van der Waals surface area (Å²) >= 11 is 4.16. The molecule has 0 spiro atoms. The zero-order chi connectivity index (χ0) is 23.0. The van der Waals surface area contributed by atoms with Crippen molar-refractivity contribution in [3.63, 3.8) is 0 Å². The summed E-state index contributed by atoms with van der Waals surface area (Å²) in [7, 11) is 0. The van der Waals surface area contributed by atoms with E-state index in [1.807, 2.05) is 59.5 Å². The summed E-state index contributed by atoms with van der Waals surface area (Å²) < 4.78 is 5.89. The van der Waals surface area contributed by atoms with Crippen LogP contribution in [-0.4, -0.2) is 46.2 Å². The average molecular weight is 464 g/mol. The molecular weight excluding hydrogens is 434 g/mol. The first-order valence-electron chi connectivity index (χ1n) is 11.2. The molecule has 1 aliphatic heterocycles. The highest BCUT2D eigenvalue weighted by molar-refractivity contribution is 7.80. The lowest BCUT2D eigenvalue weighted by atomic mass is 9.96. The van der Waals surface area contributed by atoms with E-state index in [0.717, 1.165) is 55.1 Å². The van der Waals surface area contributed by atoms with Crippen LogP contribution in [-0.2, 0) is 4.79 Å². The van der Waals surface area contributed by atoms with Crippen LogP contribution in [0.25, 0.3) is 11.1 Å². The zero-order valence-corrected chi connectivity index (χ0v) is 19.4. The number of anilines is 2. The number of carbonyl (C=O) groups is 1. The first-order chi connectivity index (χ1) is 16.1. The molecule has 2 heterocycles. The Morgan fingerprint density at radius 2 is 1.76 bits per heavy atom. The quantitative estimate of drug-likeness (QED) is 0.426. The smallest absolute Gasteiger partial charge is 0.223 e. The molecular formula is C25H29N5O2S. The van der Waals surface area contributed by atoms with Gasteiger partial charge in [0.1, 0.15) is 29.5 Å². The molecule has 1 saturated heterocycles. The Hall–Kier alpha value is -3.26. The number of likely N-dealkylation sites (tertiary alicyclic amines) is 1. The zero-order valence-electron chi connectivity index (χ0n) is 18.5. The Kier molecular flexibility index (Phi) is 7.67. The van der Waals surface area contributed by atoms with E-state index in [-0.39, 0.29) is 5.91 Å². The van der Waals surface area contributed by atoms with Gasteiger partial charge in [-0.25, -0.2) is 9.97 Å². The number of carbonyl (C=O) groups excluding carboxylic acids is 1. The van der Waals surface area contributed by atoms with Gasteiger partial charge < -0.3 is 20.7 Å². The van der Waals surface area contributed by atoms with Crippen molar-refractivity contribution in [3.8, 4) is 22.6 Å². The maximum atomic E-state index is 12.1. The maximum Gasteiger partial charge on any atom is 0.223 e. The number of nitrogen functional groups attached to an aromatic ring is 1. The van der Waals surface area contributed by atoms with Gasteiger partial charge in [0.05, 0.1) is 5.56 Å². The molecule has 2 aromatic carbocycles. The number of ether oxygens (including phenoxy) is 1. The number of hydrogen-bond donors (Lipinski definition) is 3. The largest absolute Gasteiger partial charge is 0.457 e. The number of nitrogens with two attached hydrogens (primary N) is 1. The van der Waals surface area contributed by atoms with Crippen molar-refractivity contribution in [2.24, 2.45) is 5.92 Å². The lowest BCUT2D eigenvalue weighted by molar-refractivity contribution is -0.132. The number of piperidine rings is 1. The van der Waals surface area contributed by atoms with Crippen molar-refractivity contribution in [2.75, 3.05) is 36.4 Å². The predicted octanol–water partition coefficient (Wildman–Crippen LogP) is 4.49. The number of para-hydroxylation sites is 1. The van der Waals surface area contributed by atoms with E-state index in [4.69, 9.17) is 10.5 Å². The summed E-state index contributed by atoms with van der Waals surface area (Å²) in [6, 6.07) is 17.4. The number of benzene rings is 2. The van der Waals surface area contributed by atoms with Gasteiger partial charge in [0.25, 0.3) is 0 Å². The van der Waals surface area contributed by atoms with Crippen LogP contribution in [0.15, 0.2) is 60.9 Å². The van der Waals surface area contributed by atoms with Gasteiger partial charge in [-0.2, -0.15) is 12.6 Å². The summed E-state index contributed by atoms with van der Waals surface area (Å²) in [6.45, 7) is 2.36. The second kappa shape index (κ2) is 11.0. The number of nitrogens with one attached hydrogen (secondary N) is 1. The Morgan fingerprint density at radius 1 is 1.06 bits per heavy atom. The molecule has 1 aromatic heterocycles. The number of thiol groups is 1. The molecule has 172 valence electrons. The second-order valence-electron chi connectivity index (χ2n) is 8.10. The number of rotatable bonds is 8. The summed E-state index contributed by atoms with van der Waals surface area (Å²) in [6.07, 6.45) is 3.91. The van der Waals surface area contributed by atoms with E-state index < -0.39 is 0 Å². The molecule has 4 rings (SSSR count). The Labute approximate surface area is 199 Å². The molecule has 0 aliphatic carbocycles. The van der Waals surface area contributed by atoms with Gasteiger partial charge in [0.2, 0.25) is 5.91 Å². The summed E-state index contributed by atoms with van der Waals surface area (Å²) in [5.41, 5.74) is 7.93. The van der Waals surface area contributed by atoms with Crippen molar-refractivity contribution >= 4 is 30.2 Å². The summed E-state index contributed by atoms with van der Waals surface area (Å²) in [4.78, 5) is 22.7. The van der Waals surface area contributed by atoms with Crippen molar-refractivity contribution in [1.29, 1.82) is 0 Å². The van der Waals surface area contributed by atoms with Crippen LogP contribution in [0.2, 0.25) is 0 Å². The third-order valence-corrected chi connectivity index (χ3v) is 6.07. The molecule has 3 aromatic rings. The molecule has 7 nitrogen and oxygen atoms in total. The van der Waals surface area contributed by atoms with Crippen LogP contribution in [0.4, 0.5) is 11.6 Å². The molecule has 3 N–H and O–H groups in total. The first-order valence-corrected chi connectivity index (χ1v) is 11.8. The van der Waals surface area contributed by atoms with Crippen molar-refractivity contribution < 1.29 is 9.53 Å². The topological polar surface area (TPSA) is 93.4 Å². The van der Waals surface area contributed by atoms with E-state index >= 15 is 0 Å². The normalized spacial score (nSPS) is 14.2. The molecule has 1 fully saturated rings. The minimum atomic E-state index is 0.196. The van der Waals surface area contributed by atoms with Crippen LogP contribution >= 0.6 is 12.6 Å². The minimum Gasteiger partial charge on any atom is -0.457 e. The molecule has 0 bridgehead atoms. The predicted molar refractivity (Wildman–Crippen MR) is 135 cm³/mol. The van der Waals surface area contributed by atoms with Gasteiger partial charge in [0.15, 0.2) is 0 Å². The van der Waals surface area contributed by atoms with Gasteiger partial charge in [-0.3, -0.25) is 4.79 Å². The molecule has 0 atom stereocenters. The van der Waals surface area contributed by atoms with E-state index in [9.17, 15) is 4.79 Å². The van der Waals surface area contributed by atoms with Gasteiger partial charge in [0, 0.05) is 26.1 Å². The lowest BCUT2D eigenvalue weighted by Gasteiger charge is -2.32. The van der Waals surface area contributed by atoms with Gasteiger partial charge in [-0.05, 0) is 54.3 Å². The Balaban J connectivity index is 1.40. The van der Waals surface area contributed by atoms with E-state index in [1.165, 1.54) is 6.33 Å². The van der Waals surface area contributed by atoms with Crippen LogP contribution in [0.5, 0.6) is 11.5 Å². The Bertz CT molecular complexity index is 1050. The highest BCUT2D eigenvalue weighted by Crippen LogP contribution is 2.33. The molecule has 1 aliphatic rings. The van der Waals surface area contributed by atoms with Gasteiger partial charge in [-0.15, -0.1) is 0 Å². The highest BCUT2D eigenvalue weighted by Gasteiger charge is 2.23. The fourth-order valence-corrected chi connectivity index (χ4v) is 4.20. The monoisotopic (exact) mass is 463 g/mol. The summed E-state index contributed by atoms with van der Waals surface area (Å²) in [5, 5.41) is 3.47. The molecule has 1 amide bonds. The maximum absolute atomic E-state index is 12.1. The van der Waals surface area contributed by atoms with Crippen LogP contribution in [0.3, 0.4) is 0 Å². The number of aromatic nitrogens is 2. The molecule has 0 radical (unpaired) electrons. The molecule has 8 heteroatoms. The third-order valence-electron chi connectivity index (χ3n) is 5.85. The molecule has 0 unspecified atom stereocenters. The molecule has 0 saturated carbocycles. The SMILES string of the molecule is Nc1ncnc(NCC2CCN(C(=O)CCS)CC2)c1-c1ccc(Oc2ccccc2)cc1.